The number of aliphatic carboxylic acids is 1. The molecule has 1 rings (SSSR count). The summed E-state index contributed by atoms with van der Waals surface area (Å²) in [5.74, 6) is -3.77. The van der Waals surface area contributed by atoms with Crippen molar-refractivity contribution in [3.8, 4) is 0 Å². The van der Waals surface area contributed by atoms with Crippen LogP contribution in [0.2, 0.25) is 0 Å². The van der Waals surface area contributed by atoms with Gasteiger partial charge in [0.25, 0.3) is 0 Å². The fraction of sp³-hybridized carbons (Fsp3) is 0.750. The highest BCUT2D eigenvalue weighted by Gasteiger charge is 2.39. The Hall–Kier alpha value is -3.46. The van der Waals surface area contributed by atoms with Crippen LogP contribution in [0.25, 0.3) is 0 Å². The number of nitrogens with two attached hydrogens (primary N) is 3. The number of rotatable bonds is 17. The number of nitrogens with one attached hydrogen (secondary N) is 4. The van der Waals surface area contributed by atoms with Gasteiger partial charge in [0, 0.05) is 13.1 Å². The normalized spacial score (nSPS) is 17.2. The van der Waals surface area contributed by atoms with Gasteiger partial charge in [-0.1, -0.05) is 13.8 Å². The molecule has 0 aromatic carbocycles. The topological polar surface area (TPSA) is 252 Å². The van der Waals surface area contributed by atoms with Gasteiger partial charge in [0.15, 0.2) is 0 Å². The number of nitrogens with zero attached hydrogens (tertiary/aromatic N) is 1. The molecule has 0 aromatic heterocycles. The molecule has 0 aliphatic carbocycles. The number of amides is 6. The van der Waals surface area contributed by atoms with Gasteiger partial charge in [-0.05, 0) is 57.4 Å². The molecule has 0 bridgehead atoms. The summed E-state index contributed by atoms with van der Waals surface area (Å²) in [6, 6.07) is -4.75. The van der Waals surface area contributed by atoms with Crippen molar-refractivity contribution in [3.63, 3.8) is 0 Å². The maximum Gasteiger partial charge on any atom is 0.326 e. The molecule has 1 heterocycles. The number of carbonyl (C=O) groups is 6. The molecule has 11 N–H and O–H groups in total. The highest BCUT2D eigenvalue weighted by Crippen LogP contribution is 2.20. The molecular formula is C24H44N8O7. The van der Waals surface area contributed by atoms with E-state index in [2.05, 4.69) is 21.3 Å². The number of hydrogen-bond donors (Lipinski definition) is 8. The molecule has 0 saturated carbocycles. The first-order valence-electron chi connectivity index (χ1n) is 13.3. The fourth-order valence-electron chi connectivity index (χ4n) is 4.33. The van der Waals surface area contributed by atoms with Gasteiger partial charge in [0.2, 0.25) is 23.6 Å². The van der Waals surface area contributed by atoms with E-state index < -0.39 is 65.7 Å². The number of hydrogen-bond acceptors (Lipinski definition) is 8. The van der Waals surface area contributed by atoms with Crippen LogP contribution in [0.15, 0.2) is 0 Å². The third kappa shape index (κ3) is 11.4. The first-order chi connectivity index (χ1) is 18.4. The highest BCUT2D eigenvalue weighted by atomic mass is 16.4. The molecule has 15 heteroatoms. The largest absolute Gasteiger partial charge is 0.480 e. The lowest BCUT2D eigenvalue weighted by Crippen LogP contribution is -2.58. The summed E-state index contributed by atoms with van der Waals surface area (Å²) >= 11 is 0. The summed E-state index contributed by atoms with van der Waals surface area (Å²) in [6.45, 7) is 4.00. The Labute approximate surface area is 228 Å². The monoisotopic (exact) mass is 556 g/mol. The van der Waals surface area contributed by atoms with Crippen LogP contribution in [-0.2, 0) is 24.0 Å². The van der Waals surface area contributed by atoms with E-state index in [4.69, 9.17) is 17.2 Å². The van der Waals surface area contributed by atoms with Crippen LogP contribution in [-0.4, -0.2) is 96.0 Å². The van der Waals surface area contributed by atoms with Gasteiger partial charge < -0.3 is 48.5 Å². The molecule has 0 aromatic rings. The van der Waals surface area contributed by atoms with E-state index >= 15 is 0 Å². The molecule has 15 nitrogen and oxygen atoms in total. The van der Waals surface area contributed by atoms with Crippen molar-refractivity contribution in [2.75, 3.05) is 26.2 Å². The van der Waals surface area contributed by atoms with Gasteiger partial charge in [-0.2, -0.15) is 0 Å². The quantitative estimate of drug-likeness (QED) is 0.0896. The van der Waals surface area contributed by atoms with Crippen LogP contribution in [0.1, 0.15) is 58.8 Å². The van der Waals surface area contributed by atoms with Crippen molar-refractivity contribution in [1.82, 2.24) is 26.2 Å². The van der Waals surface area contributed by atoms with Crippen molar-refractivity contribution in [3.05, 3.63) is 0 Å². The van der Waals surface area contributed by atoms with Crippen molar-refractivity contribution >= 4 is 35.6 Å². The first kappa shape index (κ1) is 33.6. The Morgan fingerprint density at radius 2 is 1.62 bits per heavy atom. The van der Waals surface area contributed by atoms with Gasteiger partial charge >= 0.3 is 12.0 Å². The Bertz CT molecular complexity index is 869. The lowest BCUT2D eigenvalue weighted by Gasteiger charge is -2.31. The number of unbranched alkanes of at least 4 members (excludes halogenated alkanes) is 1. The standard InChI is InChI=1S/C24H44N8O7/c1-14(2)19(21(35)30-16(23(37)38)8-5-11-28-24(27)39)31-20(34)17-9-6-12-32(17)22(36)15(7-3-4-10-25)29-18(33)13-26/h14-17,19H,3-13,25-26H2,1-2H3,(H,29,33)(H,30,35)(H,31,34)(H,37,38)(H3,27,28,39)/t15-,16-,17-,19-/m0/s1. The minimum Gasteiger partial charge on any atom is -0.480 e. The Morgan fingerprint density at radius 1 is 0.949 bits per heavy atom. The van der Waals surface area contributed by atoms with E-state index in [1.165, 1.54) is 4.90 Å². The predicted octanol–water partition coefficient (Wildman–Crippen LogP) is -2.29. The van der Waals surface area contributed by atoms with Gasteiger partial charge in [-0.3, -0.25) is 19.2 Å². The third-order valence-electron chi connectivity index (χ3n) is 6.43. The van der Waals surface area contributed by atoms with E-state index in [1.807, 2.05) is 0 Å². The van der Waals surface area contributed by atoms with Crippen LogP contribution in [0.4, 0.5) is 4.79 Å². The molecule has 4 atom stereocenters. The molecule has 222 valence electrons. The third-order valence-corrected chi connectivity index (χ3v) is 6.43. The molecule has 6 amide bonds. The van der Waals surface area contributed by atoms with Gasteiger partial charge in [-0.15, -0.1) is 0 Å². The van der Waals surface area contributed by atoms with Crippen molar-refractivity contribution in [2.24, 2.45) is 23.1 Å². The number of primary amides is 1. The maximum atomic E-state index is 13.3. The molecule has 0 spiro atoms. The maximum absolute atomic E-state index is 13.3. The van der Waals surface area contributed by atoms with E-state index in [1.54, 1.807) is 13.8 Å². The van der Waals surface area contributed by atoms with Crippen LogP contribution >= 0.6 is 0 Å². The zero-order valence-electron chi connectivity index (χ0n) is 22.7. The summed E-state index contributed by atoms with van der Waals surface area (Å²) in [7, 11) is 0. The molecular weight excluding hydrogens is 512 g/mol. The number of carbonyl (C=O) groups excluding carboxylic acids is 5. The molecule has 1 fully saturated rings. The van der Waals surface area contributed by atoms with Crippen molar-refractivity contribution < 1.29 is 33.9 Å². The van der Waals surface area contributed by atoms with E-state index in [-0.39, 0.29) is 25.9 Å². The number of likely N-dealkylation sites (tertiary alicyclic amines) is 1. The Kier molecular flexibility index (Phi) is 14.8. The van der Waals surface area contributed by atoms with Crippen molar-refractivity contribution in [1.29, 1.82) is 0 Å². The fourth-order valence-corrected chi connectivity index (χ4v) is 4.33. The summed E-state index contributed by atoms with van der Waals surface area (Å²) < 4.78 is 0. The Morgan fingerprint density at radius 3 is 2.18 bits per heavy atom. The molecule has 0 radical (unpaired) electrons. The smallest absolute Gasteiger partial charge is 0.326 e. The lowest BCUT2D eigenvalue weighted by molar-refractivity contribution is -0.144. The van der Waals surface area contributed by atoms with E-state index in [9.17, 15) is 33.9 Å². The predicted molar refractivity (Wildman–Crippen MR) is 142 cm³/mol. The van der Waals surface area contributed by atoms with E-state index in [0.717, 1.165) is 0 Å². The molecule has 0 unspecified atom stereocenters. The molecule has 1 aliphatic rings. The lowest BCUT2D eigenvalue weighted by atomic mass is 10.0. The van der Waals surface area contributed by atoms with Crippen LogP contribution in [0, 0.1) is 5.92 Å². The second-order valence-electron chi connectivity index (χ2n) is 9.86. The minimum atomic E-state index is -1.26. The molecule has 1 aliphatic heterocycles. The SMILES string of the molecule is CC(C)[C@H](NC(=O)[C@@H]1CCCN1C(=O)[C@H](CCCCN)NC(=O)CN)C(=O)N[C@@H](CCCNC(N)=O)C(=O)O. The summed E-state index contributed by atoms with van der Waals surface area (Å²) in [5, 5.41) is 19.6. The second kappa shape index (κ2) is 17.2. The van der Waals surface area contributed by atoms with Gasteiger partial charge in [0.1, 0.15) is 24.2 Å². The average Bonchev–Trinajstić information content (AvgIpc) is 3.37. The van der Waals surface area contributed by atoms with E-state index in [0.29, 0.717) is 45.2 Å². The summed E-state index contributed by atoms with van der Waals surface area (Å²) in [4.78, 5) is 75.3. The number of carboxylic acids is 1. The minimum absolute atomic E-state index is 0.0328. The summed E-state index contributed by atoms with van der Waals surface area (Å²) in [6.07, 6.45) is 2.82. The summed E-state index contributed by atoms with van der Waals surface area (Å²) in [5.41, 5.74) is 15.9. The highest BCUT2D eigenvalue weighted by molar-refractivity contribution is 5.95. The van der Waals surface area contributed by atoms with Crippen molar-refractivity contribution in [2.45, 2.75) is 83.0 Å². The van der Waals surface area contributed by atoms with Gasteiger partial charge in [0.05, 0.1) is 6.54 Å². The van der Waals surface area contributed by atoms with Crippen LogP contribution in [0.5, 0.6) is 0 Å². The zero-order chi connectivity index (χ0) is 29.5. The first-order valence-corrected chi connectivity index (χ1v) is 13.3. The average molecular weight is 557 g/mol. The number of urea groups is 1. The Balaban J connectivity index is 2.91. The second-order valence-corrected chi connectivity index (χ2v) is 9.86. The number of carboxylic acid groups (broad SMARTS) is 1. The van der Waals surface area contributed by atoms with Gasteiger partial charge in [-0.25, -0.2) is 9.59 Å². The molecule has 1 saturated heterocycles. The van der Waals surface area contributed by atoms with Crippen LogP contribution in [0.3, 0.4) is 0 Å². The van der Waals surface area contributed by atoms with Crippen LogP contribution < -0.4 is 38.5 Å². The zero-order valence-corrected chi connectivity index (χ0v) is 22.7. The molecule has 39 heavy (non-hydrogen) atoms.